The summed E-state index contributed by atoms with van der Waals surface area (Å²) in [6.45, 7) is 0.651. The number of H-pyrrole nitrogens is 1. The topological polar surface area (TPSA) is 74.8 Å². The van der Waals surface area contributed by atoms with Crippen molar-refractivity contribution in [3.05, 3.63) is 28.2 Å². The molecule has 2 N–H and O–H groups in total. The van der Waals surface area contributed by atoms with E-state index in [1.807, 2.05) is 0 Å². The van der Waals surface area contributed by atoms with E-state index in [9.17, 15) is 9.59 Å². The second-order valence-electron chi connectivity index (χ2n) is 4.12. The fourth-order valence-electron chi connectivity index (χ4n) is 1.36. The summed E-state index contributed by atoms with van der Waals surface area (Å²) in [5.41, 5.74) is 0.165. The highest BCUT2D eigenvalue weighted by molar-refractivity contribution is 9.09. The minimum Gasteiger partial charge on any atom is -0.350 e. The Kier molecular flexibility index (Phi) is 3.09. The van der Waals surface area contributed by atoms with Crippen molar-refractivity contribution in [2.45, 2.75) is 12.8 Å². The van der Waals surface area contributed by atoms with E-state index in [0.717, 1.165) is 18.2 Å². The SMILES string of the molecule is O=C(NCC1(CBr)CC1)c1ccc(=O)[nH]n1. The maximum absolute atomic E-state index is 11.6. The van der Waals surface area contributed by atoms with Crippen LogP contribution >= 0.6 is 15.9 Å². The fraction of sp³-hybridized carbons (Fsp3) is 0.500. The van der Waals surface area contributed by atoms with Crippen LogP contribution in [0.4, 0.5) is 0 Å². The van der Waals surface area contributed by atoms with E-state index in [2.05, 4.69) is 31.4 Å². The van der Waals surface area contributed by atoms with Crippen molar-refractivity contribution in [3.63, 3.8) is 0 Å². The summed E-state index contributed by atoms with van der Waals surface area (Å²) in [5, 5.41) is 9.62. The average Bonchev–Trinajstić information content (AvgIpc) is 3.08. The minimum atomic E-state index is -0.310. The number of aromatic nitrogens is 2. The summed E-state index contributed by atoms with van der Waals surface area (Å²) in [5.74, 6) is -0.247. The predicted octanol–water partition coefficient (Wildman–Crippen LogP) is 0.675. The van der Waals surface area contributed by atoms with Gasteiger partial charge in [-0.3, -0.25) is 9.59 Å². The number of rotatable bonds is 4. The van der Waals surface area contributed by atoms with Crippen molar-refractivity contribution >= 4 is 21.8 Å². The van der Waals surface area contributed by atoms with Gasteiger partial charge in [0.25, 0.3) is 11.5 Å². The van der Waals surface area contributed by atoms with Gasteiger partial charge >= 0.3 is 0 Å². The third-order valence-electron chi connectivity index (χ3n) is 2.78. The molecule has 1 aromatic heterocycles. The molecule has 5 nitrogen and oxygen atoms in total. The first-order valence-electron chi connectivity index (χ1n) is 5.05. The van der Waals surface area contributed by atoms with Gasteiger partial charge in [0.1, 0.15) is 5.69 Å². The van der Waals surface area contributed by atoms with Crippen molar-refractivity contribution in [1.82, 2.24) is 15.5 Å². The maximum atomic E-state index is 11.6. The maximum Gasteiger partial charge on any atom is 0.271 e. The summed E-state index contributed by atoms with van der Waals surface area (Å²) in [6.07, 6.45) is 2.27. The minimum absolute atomic E-state index is 0.234. The van der Waals surface area contributed by atoms with Gasteiger partial charge in [0.2, 0.25) is 0 Å². The van der Waals surface area contributed by atoms with Gasteiger partial charge in [0.05, 0.1) is 0 Å². The fourth-order valence-corrected chi connectivity index (χ4v) is 2.12. The summed E-state index contributed by atoms with van der Waals surface area (Å²) >= 11 is 3.43. The Labute approximate surface area is 101 Å². The molecular formula is C10H12BrN3O2. The molecule has 1 saturated carbocycles. The number of carbonyl (C=O) groups excluding carboxylic acids is 1. The standard InChI is InChI=1S/C10H12BrN3O2/c11-5-10(3-4-10)6-12-9(16)7-1-2-8(15)14-13-7/h1-2H,3-6H2,(H,12,16)(H,14,15). The second-order valence-corrected chi connectivity index (χ2v) is 4.68. The number of hydrogen-bond acceptors (Lipinski definition) is 3. The Bertz CT molecular complexity index is 433. The molecule has 1 aliphatic carbocycles. The highest BCUT2D eigenvalue weighted by Crippen LogP contribution is 2.46. The number of amides is 1. The average molecular weight is 286 g/mol. The molecule has 0 spiro atoms. The number of aromatic amines is 1. The molecule has 0 radical (unpaired) electrons. The third-order valence-corrected chi connectivity index (χ3v) is 3.97. The lowest BCUT2D eigenvalue weighted by atomic mass is 10.1. The molecule has 0 atom stereocenters. The van der Waals surface area contributed by atoms with Gasteiger partial charge in [-0.2, -0.15) is 5.10 Å². The van der Waals surface area contributed by atoms with Crippen LogP contribution in [0.1, 0.15) is 23.3 Å². The monoisotopic (exact) mass is 285 g/mol. The zero-order valence-electron chi connectivity index (χ0n) is 8.62. The van der Waals surface area contributed by atoms with Crippen molar-refractivity contribution in [2.75, 3.05) is 11.9 Å². The van der Waals surface area contributed by atoms with Crippen LogP contribution in [0.15, 0.2) is 16.9 Å². The van der Waals surface area contributed by atoms with E-state index in [1.165, 1.54) is 12.1 Å². The molecule has 0 unspecified atom stereocenters. The van der Waals surface area contributed by atoms with Gasteiger partial charge < -0.3 is 5.32 Å². The number of nitrogens with one attached hydrogen (secondary N) is 2. The number of nitrogens with zero attached hydrogens (tertiary/aromatic N) is 1. The molecule has 1 heterocycles. The number of halogens is 1. The number of alkyl halides is 1. The van der Waals surface area contributed by atoms with Crippen LogP contribution in [0.5, 0.6) is 0 Å². The molecule has 2 rings (SSSR count). The molecule has 0 saturated heterocycles. The highest BCUT2D eigenvalue weighted by atomic mass is 79.9. The lowest BCUT2D eigenvalue weighted by Gasteiger charge is -2.11. The molecule has 1 aliphatic rings. The molecule has 1 fully saturated rings. The van der Waals surface area contributed by atoms with E-state index in [0.29, 0.717) is 6.54 Å². The molecule has 1 aromatic rings. The second kappa shape index (κ2) is 4.37. The zero-order valence-corrected chi connectivity index (χ0v) is 10.2. The molecule has 0 aliphatic heterocycles. The van der Waals surface area contributed by atoms with Crippen LogP contribution in [0.25, 0.3) is 0 Å². The lowest BCUT2D eigenvalue weighted by molar-refractivity contribution is 0.0940. The Balaban J connectivity index is 1.93. The molecule has 0 bridgehead atoms. The van der Waals surface area contributed by atoms with E-state index in [4.69, 9.17) is 0 Å². The third kappa shape index (κ3) is 2.49. The van der Waals surface area contributed by atoms with Crippen LogP contribution in [-0.4, -0.2) is 28.0 Å². The van der Waals surface area contributed by atoms with Crippen LogP contribution in [0.3, 0.4) is 0 Å². The Morgan fingerprint density at radius 3 is 2.81 bits per heavy atom. The molecule has 16 heavy (non-hydrogen) atoms. The first kappa shape index (κ1) is 11.3. The van der Waals surface area contributed by atoms with E-state index < -0.39 is 0 Å². The van der Waals surface area contributed by atoms with Gasteiger partial charge in [-0.05, 0) is 24.3 Å². The van der Waals surface area contributed by atoms with Gasteiger partial charge in [-0.25, -0.2) is 5.10 Å². The molecule has 0 aromatic carbocycles. The predicted molar refractivity (Wildman–Crippen MR) is 62.7 cm³/mol. The molecule has 1 amide bonds. The van der Waals surface area contributed by atoms with Gasteiger partial charge in [0.15, 0.2) is 0 Å². The van der Waals surface area contributed by atoms with Crippen molar-refractivity contribution < 1.29 is 4.79 Å². The number of carbonyl (C=O) groups is 1. The van der Waals surface area contributed by atoms with Crippen LogP contribution < -0.4 is 10.9 Å². The lowest BCUT2D eigenvalue weighted by Crippen LogP contribution is -2.32. The summed E-state index contributed by atoms with van der Waals surface area (Å²) in [7, 11) is 0. The molecule has 6 heteroatoms. The summed E-state index contributed by atoms with van der Waals surface area (Å²) in [6, 6.07) is 2.71. The van der Waals surface area contributed by atoms with Crippen molar-refractivity contribution in [3.8, 4) is 0 Å². The molecular weight excluding hydrogens is 274 g/mol. The van der Waals surface area contributed by atoms with Gasteiger partial charge in [0, 0.05) is 17.9 Å². The largest absolute Gasteiger partial charge is 0.350 e. The smallest absolute Gasteiger partial charge is 0.271 e. The Hall–Kier alpha value is -1.17. The number of hydrogen-bond donors (Lipinski definition) is 2. The normalized spacial score (nSPS) is 16.8. The summed E-state index contributed by atoms with van der Waals surface area (Å²) in [4.78, 5) is 22.4. The van der Waals surface area contributed by atoms with Crippen LogP contribution in [0, 0.1) is 5.41 Å². The van der Waals surface area contributed by atoms with Crippen LogP contribution in [-0.2, 0) is 0 Å². The van der Waals surface area contributed by atoms with E-state index >= 15 is 0 Å². The zero-order chi connectivity index (χ0) is 11.6. The van der Waals surface area contributed by atoms with Gasteiger partial charge in [-0.15, -0.1) is 0 Å². The van der Waals surface area contributed by atoms with E-state index in [-0.39, 0.29) is 22.6 Å². The highest BCUT2D eigenvalue weighted by Gasteiger charge is 2.41. The first-order valence-corrected chi connectivity index (χ1v) is 6.17. The molecule has 86 valence electrons. The van der Waals surface area contributed by atoms with Gasteiger partial charge in [-0.1, -0.05) is 15.9 Å². The van der Waals surface area contributed by atoms with Crippen molar-refractivity contribution in [2.24, 2.45) is 5.41 Å². The summed E-state index contributed by atoms with van der Waals surface area (Å²) < 4.78 is 0. The van der Waals surface area contributed by atoms with E-state index in [1.54, 1.807) is 0 Å². The first-order chi connectivity index (χ1) is 7.65. The Morgan fingerprint density at radius 1 is 1.56 bits per heavy atom. The van der Waals surface area contributed by atoms with Crippen LogP contribution in [0.2, 0.25) is 0 Å². The quantitative estimate of drug-likeness (QED) is 0.799. The van der Waals surface area contributed by atoms with Crippen molar-refractivity contribution in [1.29, 1.82) is 0 Å². The Morgan fingerprint density at radius 2 is 2.31 bits per heavy atom.